The molecule has 0 saturated heterocycles. The van der Waals surface area contributed by atoms with Gasteiger partial charge in [-0.05, 0) is 31.3 Å². The number of nitrogens with one attached hydrogen (secondary N) is 2. The standard InChI is InChI=1S/C10H13BrN2O2S/c1-8(11)7-13-9-3-5-10(6-4-9)16(14,15)12-2/h3-6,12-13H,1,7H2,2H3. The summed E-state index contributed by atoms with van der Waals surface area (Å²) in [5.74, 6) is 0. The molecule has 0 radical (unpaired) electrons. The van der Waals surface area contributed by atoms with E-state index in [1.807, 2.05) is 0 Å². The Bertz CT molecular complexity index is 468. The fourth-order valence-electron chi connectivity index (χ4n) is 1.07. The summed E-state index contributed by atoms with van der Waals surface area (Å²) >= 11 is 3.23. The van der Waals surface area contributed by atoms with Crippen LogP contribution in [-0.2, 0) is 10.0 Å². The largest absolute Gasteiger partial charge is 0.380 e. The molecule has 0 bridgehead atoms. The normalized spacial score (nSPS) is 11.1. The summed E-state index contributed by atoms with van der Waals surface area (Å²) in [6.07, 6.45) is 0. The maximum atomic E-state index is 11.4. The van der Waals surface area contributed by atoms with E-state index in [-0.39, 0.29) is 4.90 Å². The van der Waals surface area contributed by atoms with Crippen LogP contribution in [0.25, 0.3) is 0 Å². The van der Waals surface area contributed by atoms with Crippen LogP contribution in [-0.4, -0.2) is 22.0 Å². The first-order valence-electron chi connectivity index (χ1n) is 4.56. The SMILES string of the molecule is C=C(Br)CNc1ccc(S(=O)(=O)NC)cc1. The molecule has 1 rings (SSSR count). The van der Waals surface area contributed by atoms with Crippen molar-refractivity contribution in [1.29, 1.82) is 0 Å². The van der Waals surface area contributed by atoms with Crippen molar-refractivity contribution in [3.05, 3.63) is 35.3 Å². The van der Waals surface area contributed by atoms with Crippen molar-refractivity contribution < 1.29 is 8.42 Å². The topological polar surface area (TPSA) is 58.2 Å². The van der Waals surface area contributed by atoms with Crippen LogP contribution in [0.3, 0.4) is 0 Å². The van der Waals surface area contributed by atoms with Crippen LogP contribution >= 0.6 is 15.9 Å². The summed E-state index contributed by atoms with van der Waals surface area (Å²) in [5.41, 5.74) is 0.843. The Morgan fingerprint density at radius 1 is 1.38 bits per heavy atom. The summed E-state index contributed by atoms with van der Waals surface area (Å²) in [4.78, 5) is 0.248. The first-order valence-corrected chi connectivity index (χ1v) is 6.84. The van der Waals surface area contributed by atoms with Gasteiger partial charge in [0.25, 0.3) is 0 Å². The minimum absolute atomic E-state index is 0.248. The lowest BCUT2D eigenvalue weighted by atomic mass is 10.3. The third-order valence-electron chi connectivity index (χ3n) is 1.92. The second-order valence-electron chi connectivity index (χ2n) is 3.10. The summed E-state index contributed by atoms with van der Waals surface area (Å²) in [6.45, 7) is 4.28. The zero-order valence-corrected chi connectivity index (χ0v) is 11.2. The first kappa shape index (κ1) is 13.2. The molecule has 16 heavy (non-hydrogen) atoms. The molecule has 0 amide bonds. The van der Waals surface area contributed by atoms with Crippen LogP contribution in [0.4, 0.5) is 5.69 Å². The van der Waals surface area contributed by atoms with Crippen molar-refractivity contribution in [1.82, 2.24) is 4.72 Å². The molecule has 88 valence electrons. The minimum atomic E-state index is -3.35. The van der Waals surface area contributed by atoms with Crippen molar-refractivity contribution in [2.24, 2.45) is 0 Å². The molecule has 1 aromatic rings. The molecule has 0 unspecified atom stereocenters. The fourth-order valence-corrected chi connectivity index (χ4v) is 1.94. The Kier molecular flexibility index (Phi) is 4.52. The van der Waals surface area contributed by atoms with E-state index < -0.39 is 10.0 Å². The Morgan fingerprint density at radius 3 is 2.38 bits per heavy atom. The number of sulfonamides is 1. The molecule has 0 aromatic heterocycles. The highest BCUT2D eigenvalue weighted by Gasteiger charge is 2.09. The van der Waals surface area contributed by atoms with Gasteiger partial charge in [-0.15, -0.1) is 0 Å². The van der Waals surface area contributed by atoms with E-state index in [1.165, 1.54) is 7.05 Å². The second-order valence-corrected chi connectivity index (χ2v) is 6.11. The molecule has 0 heterocycles. The fraction of sp³-hybridized carbons (Fsp3) is 0.200. The van der Waals surface area contributed by atoms with E-state index in [2.05, 4.69) is 32.5 Å². The van der Waals surface area contributed by atoms with Crippen LogP contribution in [0.1, 0.15) is 0 Å². The highest BCUT2D eigenvalue weighted by Crippen LogP contribution is 2.14. The van der Waals surface area contributed by atoms with Crippen molar-refractivity contribution in [3.8, 4) is 0 Å². The predicted octanol–water partition coefficient (Wildman–Crippen LogP) is 1.92. The molecule has 0 fully saturated rings. The summed E-state index contributed by atoms with van der Waals surface area (Å²) in [5, 5.41) is 3.08. The van der Waals surface area contributed by atoms with Gasteiger partial charge in [0.2, 0.25) is 10.0 Å². The number of halogens is 1. The van der Waals surface area contributed by atoms with Crippen molar-refractivity contribution in [2.45, 2.75) is 4.90 Å². The van der Waals surface area contributed by atoms with Crippen LogP contribution in [0.5, 0.6) is 0 Å². The molecule has 0 spiro atoms. The highest BCUT2D eigenvalue weighted by molar-refractivity contribution is 9.11. The van der Waals surface area contributed by atoms with Crippen LogP contribution in [0.15, 0.2) is 40.2 Å². The van der Waals surface area contributed by atoms with Gasteiger partial charge in [-0.2, -0.15) is 0 Å². The third kappa shape index (κ3) is 3.62. The quantitative estimate of drug-likeness (QED) is 0.874. The van der Waals surface area contributed by atoms with E-state index in [4.69, 9.17) is 0 Å². The maximum absolute atomic E-state index is 11.4. The Hall–Kier alpha value is -0.850. The van der Waals surface area contributed by atoms with Gasteiger partial charge in [0.15, 0.2) is 0 Å². The van der Waals surface area contributed by atoms with Gasteiger partial charge >= 0.3 is 0 Å². The number of benzene rings is 1. The van der Waals surface area contributed by atoms with Gasteiger partial charge in [-0.3, -0.25) is 0 Å². The number of rotatable bonds is 5. The number of anilines is 1. The first-order chi connectivity index (χ1) is 7.45. The Morgan fingerprint density at radius 2 is 1.94 bits per heavy atom. The Balaban J connectivity index is 2.80. The summed E-state index contributed by atoms with van der Waals surface area (Å²) in [6, 6.07) is 6.51. The summed E-state index contributed by atoms with van der Waals surface area (Å²) in [7, 11) is -1.97. The zero-order chi connectivity index (χ0) is 12.2. The summed E-state index contributed by atoms with van der Waals surface area (Å²) < 4.78 is 25.9. The molecule has 2 N–H and O–H groups in total. The third-order valence-corrected chi connectivity index (χ3v) is 3.63. The lowest BCUT2D eigenvalue weighted by Crippen LogP contribution is -2.18. The van der Waals surface area contributed by atoms with Crippen LogP contribution in [0, 0.1) is 0 Å². The second kappa shape index (κ2) is 5.47. The molecular weight excluding hydrogens is 292 g/mol. The van der Waals surface area contributed by atoms with Crippen molar-refractivity contribution >= 4 is 31.6 Å². The molecule has 0 aliphatic heterocycles. The lowest BCUT2D eigenvalue weighted by molar-refractivity contribution is 0.588. The molecule has 0 atom stereocenters. The van der Waals surface area contributed by atoms with Gasteiger partial charge in [0.05, 0.1) is 4.90 Å². The van der Waals surface area contributed by atoms with Gasteiger partial charge in [0, 0.05) is 16.7 Å². The van der Waals surface area contributed by atoms with Gasteiger partial charge in [-0.1, -0.05) is 22.5 Å². The van der Waals surface area contributed by atoms with Gasteiger partial charge in [0.1, 0.15) is 0 Å². The van der Waals surface area contributed by atoms with E-state index in [0.29, 0.717) is 6.54 Å². The average molecular weight is 305 g/mol. The zero-order valence-electron chi connectivity index (χ0n) is 8.83. The molecular formula is C10H13BrN2O2S. The monoisotopic (exact) mass is 304 g/mol. The lowest BCUT2D eigenvalue weighted by Gasteiger charge is -2.06. The molecule has 6 heteroatoms. The Labute approximate surface area is 104 Å². The molecule has 0 aliphatic rings. The van der Waals surface area contributed by atoms with Crippen molar-refractivity contribution in [2.75, 3.05) is 18.9 Å². The van der Waals surface area contributed by atoms with Gasteiger partial charge in [-0.25, -0.2) is 13.1 Å². The highest BCUT2D eigenvalue weighted by atomic mass is 79.9. The average Bonchev–Trinajstić information content (AvgIpc) is 2.27. The van der Waals surface area contributed by atoms with Crippen LogP contribution < -0.4 is 10.0 Å². The van der Waals surface area contributed by atoms with E-state index in [0.717, 1.165) is 10.2 Å². The van der Waals surface area contributed by atoms with Crippen LogP contribution in [0.2, 0.25) is 0 Å². The van der Waals surface area contributed by atoms with E-state index in [9.17, 15) is 8.42 Å². The smallest absolute Gasteiger partial charge is 0.240 e. The molecule has 0 aliphatic carbocycles. The van der Waals surface area contributed by atoms with Crippen molar-refractivity contribution in [3.63, 3.8) is 0 Å². The number of hydrogen-bond acceptors (Lipinski definition) is 3. The predicted molar refractivity (Wildman–Crippen MR) is 69.2 cm³/mol. The molecule has 1 aromatic carbocycles. The maximum Gasteiger partial charge on any atom is 0.240 e. The van der Waals surface area contributed by atoms with E-state index >= 15 is 0 Å². The molecule has 0 saturated carbocycles. The van der Waals surface area contributed by atoms with E-state index in [1.54, 1.807) is 24.3 Å². The minimum Gasteiger partial charge on any atom is -0.380 e. The molecule has 4 nitrogen and oxygen atoms in total. The van der Waals surface area contributed by atoms with Gasteiger partial charge < -0.3 is 5.32 Å². The number of hydrogen-bond donors (Lipinski definition) is 2.